The van der Waals surface area contributed by atoms with Gasteiger partial charge in [0.1, 0.15) is 5.01 Å². The maximum Gasteiger partial charge on any atom is 0.115 e. The minimum atomic E-state index is 0.253. The van der Waals surface area contributed by atoms with Crippen LogP contribution in [0, 0.1) is 17.8 Å². The van der Waals surface area contributed by atoms with Crippen LogP contribution >= 0.6 is 15.9 Å². The van der Waals surface area contributed by atoms with Gasteiger partial charge in [-0.15, -0.1) is 0 Å². The molecule has 1 nitrogen and oxygen atoms in total. The topological polar surface area (TPSA) is 9.23 Å². The summed E-state index contributed by atoms with van der Waals surface area (Å²) in [5.41, 5.74) is 0. The molecule has 0 aromatic carbocycles. The van der Waals surface area contributed by atoms with E-state index >= 15 is 0 Å². The van der Waals surface area contributed by atoms with E-state index in [0.29, 0.717) is 17.9 Å². The van der Waals surface area contributed by atoms with Gasteiger partial charge in [-0.1, -0.05) is 36.7 Å². The Labute approximate surface area is 77.6 Å². The van der Waals surface area contributed by atoms with Crippen LogP contribution in [0.3, 0.4) is 0 Å². The molecule has 11 heavy (non-hydrogen) atoms. The number of alkyl halides is 1. The third-order valence-electron chi connectivity index (χ3n) is 3.16. The van der Waals surface area contributed by atoms with Crippen LogP contribution in [-0.4, -0.2) is 11.1 Å². The molecule has 0 saturated carbocycles. The Kier molecular flexibility index (Phi) is 2.98. The lowest BCUT2D eigenvalue weighted by Crippen LogP contribution is -2.40. The zero-order valence-electron chi connectivity index (χ0n) is 7.67. The average molecular weight is 221 g/mol. The molecule has 0 radical (unpaired) electrons. The number of rotatable bonds is 0. The maximum absolute atomic E-state index is 5.70. The van der Waals surface area contributed by atoms with Crippen LogP contribution in [0.1, 0.15) is 27.7 Å². The number of hydrogen-bond acceptors (Lipinski definition) is 1. The van der Waals surface area contributed by atoms with Crippen molar-refractivity contribution in [3.05, 3.63) is 0 Å². The Morgan fingerprint density at radius 2 is 1.45 bits per heavy atom. The van der Waals surface area contributed by atoms with Crippen molar-refractivity contribution in [1.82, 2.24) is 0 Å². The van der Waals surface area contributed by atoms with Crippen molar-refractivity contribution in [3.63, 3.8) is 0 Å². The van der Waals surface area contributed by atoms with Crippen LogP contribution in [0.25, 0.3) is 0 Å². The lowest BCUT2D eigenvalue weighted by atomic mass is 9.80. The second kappa shape index (κ2) is 3.44. The van der Waals surface area contributed by atoms with E-state index in [9.17, 15) is 0 Å². The lowest BCUT2D eigenvalue weighted by Gasteiger charge is -2.40. The van der Waals surface area contributed by atoms with Crippen molar-refractivity contribution in [2.45, 2.75) is 38.8 Å². The summed E-state index contributed by atoms with van der Waals surface area (Å²) in [5.74, 6) is 2.06. The van der Waals surface area contributed by atoms with Crippen molar-refractivity contribution in [2.24, 2.45) is 17.8 Å². The van der Waals surface area contributed by atoms with E-state index in [1.54, 1.807) is 0 Å². The molecule has 5 atom stereocenters. The van der Waals surface area contributed by atoms with Crippen molar-refractivity contribution in [2.75, 3.05) is 0 Å². The zero-order chi connectivity index (χ0) is 8.59. The molecule has 5 unspecified atom stereocenters. The summed E-state index contributed by atoms with van der Waals surface area (Å²) in [6.07, 6.45) is 0.394. The molecular weight excluding hydrogens is 204 g/mol. The molecule has 2 heteroatoms. The highest BCUT2D eigenvalue weighted by Crippen LogP contribution is 2.36. The van der Waals surface area contributed by atoms with E-state index in [1.165, 1.54) is 0 Å². The zero-order valence-corrected chi connectivity index (χ0v) is 9.26. The fourth-order valence-corrected chi connectivity index (χ4v) is 2.42. The molecule has 0 N–H and O–H groups in total. The van der Waals surface area contributed by atoms with E-state index < -0.39 is 0 Å². The van der Waals surface area contributed by atoms with E-state index in [0.717, 1.165) is 5.92 Å². The van der Waals surface area contributed by atoms with Gasteiger partial charge in [-0.05, 0) is 24.7 Å². The molecule has 0 aromatic heterocycles. The predicted molar refractivity (Wildman–Crippen MR) is 50.8 cm³/mol. The Morgan fingerprint density at radius 3 is 2.00 bits per heavy atom. The summed E-state index contributed by atoms with van der Waals surface area (Å²) >= 11 is 3.54. The van der Waals surface area contributed by atoms with E-state index in [-0.39, 0.29) is 5.01 Å². The fraction of sp³-hybridized carbons (Fsp3) is 1.00. The highest BCUT2D eigenvalue weighted by molar-refractivity contribution is 9.09. The first-order valence-electron chi connectivity index (χ1n) is 4.33. The van der Waals surface area contributed by atoms with Gasteiger partial charge >= 0.3 is 0 Å². The minimum absolute atomic E-state index is 0.253. The molecule has 1 rings (SSSR count). The molecule has 1 aliphatic rings. The van der Waals surface area contributed by atoms with Crippen LogP contribution in [0.15, 0.2) is 0 Å². The second-order valence-corrected chi connectivity index (χ2v) is 4.67. The summed E-state index contributed by atoms with van der Waals surface area (Å²) in [6, 6.07) is 0. The lowest BCUT2D eigenvalue weighted by molar-refractivity contribution is -0.0809. The van der Waals surface area contributed by atoms with Crippen molar-refractivity contribution in [3.8, 4) is 0 Å². The molecule has 1 fully saturated rings. The second-order valence-electron chi connectivity index (χ2n) is 3.77. The maximum atomic E-state index is 5.70. The van der Waals surface area contributed by atoms with Crippen LogP contribution in [0.5, 0.6) is 0 Å². The summed E-state index contributed by atoms with van der Waals surface area (Å²) in [4.78, 5) is 0. The van der Waals surface area contributed by atoms with Gasteiger partial charge in [0.25, 0.3) is 0 Å². The molecular formula is C9H17BrO. The number of hydrogen-bond donors (Lipinski definition) is 0. The first-order valence-corrected chi connectivity index (χ1v) is 5.25. The predicted octanol–water partition coefficient (Wildman–Crippen LogP) is 3.03. The quantitative estimate of drug-likeness (QED) is 0.571. The third kappa shape index (κ3) is 1.78. The first-order chi connectivity index (χ1) is 5.04. The van der Waals surface area contributed by atoms with E-state index in [4.69, 9.17) is 4.74 Å². The highest BCUT2D eigenvalue weighted by Gasteiger charge is 2.35. The Morgan fingerprint density at radius 1 is 0.909 bits per heavy atom. The standard InChI is InChI=1S/C9H17BrO/c1-5-6(2)8(4)11-9(10)7(5)3/h5-9H,1-4H3. The minimum Gasteiger partial charge on any atom is -0.363 e. The molecule has 0 spiro atoms. The molecule has 1 saturated heterocycles. The van der Waals surface area contributed by atoms with E-state index in [2.05, 4.69) is 43.6 Å². The number of ether oxygens (including phenoxy) is 1. The first kappa shape index (κ1) is 9.53. The van der Waals surface area contributed by atoms with Crippen molar-refractivity contribution >= 4 is 15.9 Å². The molecule has 0 aromatic rings. The molecule has 0 bridgehead atoms. The smallest absolute Gasteiger partial charge is 0.115 e. The van der Waals surface area contributed by atoms with Gasteiger partial charge in [0.05, 0.1) is 6.10 Å². The van der Waals surface area contributed by atoms with Crippen LogP contribution in [0.2, 0.25) is 0 Å². The molecule has 1 aliphatic heterocycles. The summed E-state index contributed by atoms with van der Waals surface area (Å²) < 4.78 is 5.70. The Balaban J connectivity index is 2.63. The third-order valence-corrected chi connectivity index (χ3v) is 4.21. The Hall–Kier alpha value is 0.440. The van der Waals surface area contributed by atoms with Crippen LogP contribution in [0.4, 0.5) is 0 Å². The largest absolute Gasteiger partial charge is 0.363 e. The van der Waals surface area contributed by atoms with Gasteiger partial charge in [0, 0.05) is 0 Å². The SMILES string of the molecule is CC1OC(Br)C(C)C(C)C1C. The van der Waals surface area contributed by atoms with Gasteiger partial charge in [0.15, 0.2) is 0 Å². The fourth-order valence-electron chi connectivity index (χ4n) is 1.60. The number of halogens is 1. The molecule has 1 heterocycles. The molecule has 0 aliphatic carbocycles. The molecule has 0 amide bonds. The average Bonchev–Trinajstić information content (AvgIpc) is 1.97. The van der Waals surface area contributed by atoms with Gasteiger partial charge in [-0.2, -0.15) is 0 Å². The summed E-state index contributed by atoms with van der Waals surface area (Å²) in [5, 5.41) is 0.253. The van der Waals surface area contributed by atoms with Crippen LogP contribution < -0.4 is 0 Å². The van der Waals surface area contributed by atoms with Crippen molar-refractivity contribution < 1.29 is 4.74 Å². The molecule has 66 valence electrons. The Bertz CT molecular complexity index is 124. The van der Waals surface area contributed by atoms with E-state index in [1.807, 2.05) is 0 Å². The van der Waals surface area contributed by atoms with Gasteiger partial charge in [-0.25, -0.2) is 0 Å². The summed E-state index contributed by atoms with van der Waals surface area (Å²) in [7, 11) is 0. The van der Waals surface area contributed by atoms with Gasteiger partial charge in [-0.3, -0.25) is 0 Å². The summed E-state index contributed by atoms with van der Waals surface area (Å²) in [6.45, 7) is 8.97. The van der Waals surface area contributed by atoms with Gasteiger partial charge in [0.2, 0.25) is 0 Å². The highest BCUT2D eigenvalue weighted by atomic mass is 79.9. The van der Waals surface area contributed by atoms with Crippen LogP contribution in [-0.2, 0) is 4.74 Å². The normalized spacial score (nSPS) is 52.6. The van der Waals surface area contributed by atoms with Crippen molar-refractivity contribution in [1.29, 1.82) is 0 Å². The monoisotopic (exact) mass is 220 g/mol. The van der Waals surface area contributed by atoms with Gasteiger partial charge < -0.3 is 4.74 Å².